The number of rotatable bonds is 3. The minimum atomic E-state index is -1.19. The van der Waals surface area contributed by atoms with Crippen LogP contribution in [0.1, 0.15) is 34.1 Å². The van der Waals surface area contributed by atoms with Gasteiger partial charge < -0.3 is 15.2 Å². The number of aromatic carboxylic acids is 1. The van der Waals surface area contributed by atoms with Crippen molar-refractivity contribution in [2.45, 2.75) is 26.2 Å². The Morgan fingerprint density at radius 3 is 2.67 bits per heavy atom. The number of hydrogen-bond acceptors (Lipinski definition) is 6. The Balaban J connectivity index is 2.31. The van der Waals surface area contributed by atoms with Crippen LogP contribution >= 0.6 is 11.3 Å². The molecule has 1 aromatic rings. The van der Waals surface area contributed by atoms with Crippen molar-refractivity contribution in [1.82, 2.24) is 0 Å². The Kier molecular flexibility index (Phi) is 4.37. The van der Waals surface area contributed by atoms with E-state index in [4.69, 9.17) is 0 Å². The average molecular weight is 311 g/mol. The molecule has 0 saturated carbocycles. The predicted octanol–water partition coefficient (Wildman–Crippen LogP) is 1.01. The van der Waals surface area contributed by atoms with Gasteiger partial charge in [-0.15, -0.1) is 11.3 Å². The van der Waals surface area contributed by atoms with Gasteiger partial charge in [0.05, 0.1) is 12.2 Å². The summed E-state index contributed by atoms with van der Waals surface area (Å²) in [6, 6.07) is 0. The van der Waals surface area contributed by atoms with E-state index in [1.165, 1.54) is 0 Å². The lowest BCUT2D eigenvalue weighted by atomic mass is 9.94. The number of esters is 1. The third-order valence-electron chi connectivity index (χ3n) is 3.00. The standard InChI is InChI=1S/C13H13NO6S/c1-2-20-13(19)10(16)14-11-9(12(17)18)7-4-3-6(15)5-8(7)21-11/h2-5H2,1H3,(H,14,16)(H,17,18). The molecule has 1 aliphatic rings. The molecule has 1 heterocycles. The molecule has 0 unspecified atom stereocenters. The second-order valence-electron chi connectivity index (χ2n) is 4.40. The summed E-state index contributed by atoms with van der Waals surface area (Å²) in [5, 5.41) is 11.6. The molecule has 2 rings (SSSR count). The van der Waals surface area contributed by atoms with Crippen LogP contribution in [-0.2, 0) is 32.0 Å². The molecule has 21 heavy (non-hydrogen) atoms. The number of nitrogens with one attached hydrogen (secondary N) is 1. The van der Waals surface area contributed by atoms with Gasteiger partial charge in [-0.05, 0) is 18.9 Å². The van der Waals surface area contributed by atoms with Crippen LogP contribution in [0.3, 0.4) is 0 Å². The Hall–Kier alpha value is -2.22. The molecule has 1 aromatic heterocycles. The molecule has 0 bridgehead atoms. The Bertz CT molecular complexity index is 633. The average Bonchev–Trinajstić information content (AvgIpc) is 2.75. The van der Waals surface area contributed by atoms with Gasteiger partial charge in [0.2, 0.25) is 0 Å². The summed E-state index contributed by atoms with van der Waals surface area (Å²) in [6.45, 7) is 1.61. The number of hydrogen-bond donors (Lipinski definition) is 2. The topological polar surface area (TPSA) is 110 Å². The highest BCUT2D eigenvalue weighted by Crippen LogP contribution is 2.37. The highest BCUT2D eigenvalue weighted by atomic mass is 32.1. The van der Waals surface area contributed by atoms with E-state index in [1.54, 1.807) is 6.92 Å². The lowest BCUT2D eigenvalue weighted by molar-refractivity contribution is -0.152. The molecule has 2 N–H and O–H groups in total. The van der Waals surface area contributed by atoms with E-state index >= 15 is 0 Å². The van der Waals surface area contributed by atoms with Crippen molar-refractivity contribution in [3.05, 3.63) is 16.0 Å². The number of anilines is 1. The number of carboxylic acids is 1. The summed E-state index contributed by atoms with van der Waals surface area (Å²) in [6.07, 6.45) is 0.784. The van der Waals surface area contributed by atoms with E-state index in [0.29, 0.717) is 16.9 Å². The number of amides is 1. The van der Waals surface area contributed by atoms with Gasteiger partial charge in [-0.3, -0.25) is 9.59 Å². The molecule has 0 saturated heterocycles. The minimum absolute atomic E-state index is 0.0314. The van der Waals surface area contributed by atoms with Gasteiger partial charge in [-0.25, -0.2) is 9.59 Å². The summed E-state index contributed by atoms with van der Waals surface area (Å²) < 4.78 is 4.55. The van der Waals surface area contributed by atoms with Crippen molar-refractivity contribution in [3.63, 3.8) is 0 Å². The number of ether oxygens (including phenoxy) is 1. The molecule has 1 amide bonds. The maximum absolute atomic E-state index is 11.6. The smallest absolute Gasteiger partial charge is 0.397 e. The van der Waals surface area contributed by atoms with E-state index in [9.17, 15) is 24.3 Å². The van der Waals surface area contributed by atoms with Crippen molar-refractivity contribution in [2.24, 2.45) is 0 Å². The zero-order valence-corrected chi connectivity index (χ0v) is 12.0. The SMILES string of the molecule is CCOC(=O)C(=O)Nc1sc2c(c1C(=O)O)CCC(=O)C2. The van der Waals surface area contributed by atoms with Crippen LogP contribution in [0.25, 0.3) is 0 Å². The van der Waals surface area contributed by atoms with Crippen LogP contribution in [0.5, 0.6) is 0 Å². The third-order valence-corrected chi connectivity index (χ3v) is 4.15. The fraction of sp³-hybridized carbons (Fsp3) is 0.385. The number of Topliss-reactive ketones (excluding diaryl/α,β-unsaturated/α-hetero) is 1. The number of thiophene rings is 1. The zero-order chi connectivity index (χ0) is 15.6. The van der Waals surface area contributed by atoms with Gasteiger partial charge in [-0.2, -0.15) is 0 Å². The molecule has 0 atom stereocenters. The second-order valence-corrected chi connectivity index (χ2v) is 5.51. The molecule has 8 heteroatoms. The van der Waals surface area contributed by atoms with E-state index in [-0.39, 0.29) is 35.8 Å². The van der Waals surface area contributed by atoms with Gasteiger partial charge in [0, 0.05) is 17.7 Å². The van der Waals surface area contributed by atoms with Crippen LogP contribution in [0.15, 0.2) is 0 Å². The first kappa shape index (κ1) is 15.2. The van der Waals surface area contributed by atoms with Crippen LogP contribution in [0.4, 0.5) is 5.00 Å². The molecule has 0 aromatic carbocycles. The number of fused-ring (bicyclic) bond motifs is 1. The predicted molar refractivity (Wildman–Crippen MR) is 73.6 cm³/mol. The van der Waals surface area contributed by atoms with Crippen LogP contribution in [-0.4, -0.2) is 35.3 Å². The van der Waals surface area contributed by atoms with Crippen molar-refractivity contribution in [3.8, 4) is 0 Å². The van der Waals surface area contributed by atoms with E-state index in [0.717, 1.165) is 11.3 Å². The summed E-state index contributed by atoms with van der Waals surface area (Å²) in [5.74, 6) is -3.26. The Morgan fingerprint density at radius 2 is 2.05 bits per heavy atom. The Labute approximate surface area is 123 Å². The van der Waals surface area contributed by atoms with Crippen molar-refractivity contribution >= 4 is 40.0 Å². The maximum Gasteiger partial charge on any atom is 0.397 e. The van der Waals surface area contributed by atoms with Gasteiger partial charge in [0.25, 0.3) is 0 Å². The molecular formula is C13H13NO6S. The molecular weight excluding hydrogens is 298 g/mol. The highest BCUT2D eigenvalue weighted by Gasteiger charge is 2.29. The zero-order valence-electron chi connectivity index (χ0n) is 11.2. The van der Waals surface area contributed by atoms with E-state index in [2.05, 4.69) is 10.1 Å². The molecule has 0 radical (unpaired) electrons. The van der Waals surface area contributed by atoms with Crippen molar-refractivity contribution in [1.29, 1.82) is 0 Å². The van der Waals surface area contributed by atoms with Crippen LogP contribution in [0, 0.1) is 0 Å². The first-order chi connectivity index (χ1) is 9.93. The Morgan fingerprint density at radius 1 is 1.33 bits per heavy atom. The number of carbonyl (C=O) groups excluding carboxylic acids is 3. The van der Waals surface area contributed by atoms with Gasteiger partial charge in [0.15, 0.2) is 0 Å². The van der Waals surface area contributed by atoms with Crippen LogP contribution in [0.2, 0.25) is 0 Å². The fourth-order valence-corrected chi connectivity index (χ4v) is 3.38. The lowest BCUT2D eigenvalue weighted by Crippen LogP contribution is -2.25. The molecule has 0 fully saturated rings. The minimum Gasteiger partial charge on any atom is -0.478 e. The quantitative estimate of drug-likeness (QED) is 0.636. The van der Waals surface area contributed by atoms with Crippen LogP contribution < -0.4 is 5.32 Å². The normalized spacial score (nSPS) is 13.5. The number of carboxylic acid groups (broad SMARTS) is 1. The number of carbonyl (C=O) groups is 4. The summed E-state index contributed by atoms with van der Waals surface area (Å²) in [7, 11) is 0. The molecule has 0 spiro atoms. The second kappa shape index (κ2) is 6.04. The first-order valence-corrected chi connectivity index (χ1v) is 7.13. The first-order valence-electron chi connectivity index (χ1n) is 6.31. The van der Waals surface area contributed by atoms with E-state index in [1.807, 2.05) is 0 Å². The van der Waals surface area contributed by atoms with Crippen molar-refractivity contribution < 1.29 is 29.0 Å². The summed E-state index contributed by atoms with van der Waals surface area (Å²) in [4.78, 5) is 46.3. The fourth-order valence-electron chi connectivity index (χ4n) is 2.12. The molecule has 7 nitrogen and oxygen atoms in total. The molecule has 0 aliphatic heterocycles. The maximum atomic E-state index is 11.6. The molecule has 112 valence electrons. The van der Waals surface area contributed by atoms with Gasteiger partial charge >= 0.3 is 17.8 Å². The van der Waals surface area contributed by atoms with Gasteiger partial charge in [-0.1, -0.05) is 0 Å². The molecule has 1 aliphatic carbocycles. The third kappa shape index (κ3) is 3.10. The lowest BCUT2D eigenvalue weighted by Gasteiger charge is -2.10. The van der Waals surface area contributed by atoms with Crippen molar-refractivity contribution in [2.75, 3.05) is 11.9 Å². The highest BCUT2D eigenvalue weighted by molar-refractivity contribution is 7.17. The summed E-state index contributed by atoms with van der Waals surface area (Å²) in [5.41, 5.74) is 0.520. The van der Waals surface area contributed by atoms with E-state index < -0.39 is 17.8 Å². The van der Waals surface area contributed by atoms with Gasteiger partial charge in [0.1, 0.15) is 10.8 Å². The summed E-state index contributed by atoms with van der Waals surface area (Å²) >= 11 is 1.02. The number of ketones is 1. The monoisotopic (exact) mass is 311 g/mol. The largest absolute Gasteiger partial charge is 0.478 e.